The number of aryl methyl sites for hydroxylation is 1. The summed E-state index contributed by atoms with van der Waals surface area (Å²) in [6.07, 6.45) is 3.32. The van der Waals surface area contributed by atoms with Gasteiger partial charge in [0.05, 0.1) is 22.7 Å². The standard InChI is InChI=1S/C21H22F3N3O2S/c1-4-30(28,29)16-7-8-19(17(10-16)20-12-27(3)13-26-20)25-11-14-5-6-15(9-18(14)22)21(2,23)24/h5-10,12-13,25H,4,11H2,1-3H3. The van der Waals surface area contributed by atoms with E-state index in [0.717, 1.165) is 6.07 Å². The fourth-order valence-corrected chi connectivity index (χ4v) is 3.86. The second kappa shape index (κ2) is 8.14. The molecule has 0 bridgehead atoms. The molecule has 3 rings (SSSR count). The predicted octanol–water partition coefficient (Wildman–Crippen LogP) is 4.74. The molecule has 1 heterocycles. The van der Waals surface area contributed by atoms with E-state index in [4.69, 9.17) is 0 Å². The third-order valence-electron chi connectivity index (χ3n) is 4.74. The summed E-state index contributed by atoms with van der Waals surface area (Å²) in [6.45, 7) is 2.31. The first-order valence-corrected chi connectivity index (χ1v) is 10.9. The molecule has 0 aliphatic heterocycles. The zero-order chi connectivity index (χ0) is 22.1. The van der Waals surface area contributed by atoms with Crippen LogP contribution in [0.15, 0.2) is 53.8 Å². The van der Waals surface area contributed by atoms with Gasteiger partial charge in [-0.05, 0) is 24.3 Å². The smallest absolute Gasteiger partial charge is 0.270 e. The van der Waals surface area contributed by atoms with Gasteiger partial charge in [-0.15, -0.1) is 0 Å². The lowest BCUT2D eigenvalue weighted by Gasteiger charge is -2.15. The molecule has 0 amide bonds. The van der Waals surface area contributed by atoms with E-state index in [2.05, 4.69) is 10.3 Å². The second-order valence-electron chi connectivity index (χ2n) is 7.08. The number of benzene rings is 2. The normalized spacial score (nSPS) is 12.2. The number of aromatic nitrogens is 2. The van der Waals surface area contributed by atoms with Crippen LogP contribution in [0.3, 0.4) is 0 Å². The van der Waals surface area contributed by atoms with E-state index in [1.54, 1.807) is 37.1 Å². The lowest BCUT2D eigenvalue weighted by Crippen LogP contribution is -2.10. The summed E-state index contributed by atoms with van der Waals surface area (Å²) >= 11 is 0. The summed E-state index contributed by atoms with van der Waals surface area (Å²) in [4.78, 5) is 4.44. The van der Waals surface area contributed by atoms with E-state index in [0.29, 0.717) is 23.9 Å². The average Bonchev–Trinajstić information content (AvgIpc) is 3.12. The van der Waals surface area contributed by atoms with E-state index < -0.39 is 27.1 Å². The Labute approximate surface area is 173 Å². The Kier molecular flexibility index (Phi) is 5.94. The maximum Gasteiger partial charge on any atom is 0.270 e. The zero-order valence-electron chi connectivity index (χ0n) is 16.8. The van der Waals surface area contributed by atoms with Crippen molar-refractivity contribution >= 4 is 15.5 Å². The van der Waals surface area contributed by atoms with Crippen molar-refractivity contribution in [3.63, 3.8) is 0 Å². The van der Waals surface area contributed by atoms with E-state index >= 15 is 0 Å². The highest BCUT2D eigenvalue weighted by Gasteiger charge is 2.25. The number of halogens is 3. The van der Waals surface area contributed by atoms with Crippen LogP contribution in [-0.4, -0.2) is 23.7 Å². The number of hydrogen-bond acceptors (Lipinski definition) is 4. The molecule has 0 fully saturated rings. The van der Waals surface area contributed by atoms with Gasteiger partial charge in [0, 0.05) is 49.1 Å². The van der Waals surface area contributed by atoms with Gasteiger partial charge in [-0.2, -0.15) is 0 Å². The highest BCUT2D eigenvalue weighted by Crippen LogP contribution is 2.31. The lowest BCUT2D eigenvalue weighted by atomic mass is 10.1. The molecule has 3 aromatic rings. The quantitative estimate of drug-likeness (QED) is 0.580. The van der Waals surface area contributed by atoms with Crippen LogP contribution < -0.4 is 5.32 Å². The van der Waals surface area contributed by atoms with Crippen molar-refractivity contribution in [2.24, 2.45) is 7.05 Å². The van der Waals surface area contributed by atoms with Crippen LogP contribution in [-0.2, 0) is 29.4 Å². The van der Waals surface area contributed by atoms with Crippen LogP contribution in [0.1, 0.15) is 25.0 Å². The summed E-state index contributed by atoms with van der Waals surface area (Å²) < 4.78 is 67.4. The third kappa shape index (κ3) is 4.67. The number of anilines is 1. The Morgan fingerprint density at radius 2 is 1.90 bits per heavy atom. The Morgan fingerprint density at radius 1 is 1.17 bits per heavy atom. The Morgan fingerprint density at radius 3 is 2.47 bits per heavy atom. The molecule has 1 N–H and O–H groups in total. The summed E-state index contributed by atoms with van der Waals surface area (Å²) in [5.74, 6) is -3.91. The predicted molar refractivity (Wildman–Crippen MR) is 110 cm³/mol. The second-order valence-corrected chi connectivity index (χ2v) is 9.36. The fraction of sp³-hybridized carbons (Fsp3) is 0.286. The first-order valence-electron chi connectivity index (χ1n) is 9.27. The summed E-state index contributed by atoms with van der Waals surface area (Å²) in [5, 5.41) is 3.06. The van der Waals surface area contributed by atoms with Crippen molar-refractivity contribution < 1.29 is 21.6 Å². The Bertz CT molecular complexity index is 1170. The number of nitrogens with one attached hydrogen (secondary N) is 1. The van der Waals surface area contributed by atoms with Gasteiger partial charge in [0.25, 0.3) is 5.92 Å². The van der Waals surface area contributed by atoms with Crippen LogP contribution in [0, 0.1) is 5.82 Å². The molecule has 5 nitrogen and oxygen atoms in total. The largest absolute Gasteiger partial charge is 0.380 e. The van der Waals surface area contributed by atoms with Gasteiger partial charge in [0.1, 0.15) is 5.82 Å². The van der Waals surface area contributed by atoms with Gasteiger partial charge in [-0.1, -0.05) is 19.1 Å². The van der Waals surface area contributed by atoms with Crippen molar-refractivity contribution in [1.82, 2.24) is 9.55 Å². The Hall–Kier alpha value is -2.81. The van der Waals surface area contributed by atoms with Gasteiger partial charge in [0.15, 0.2) is 9.84 Å². The number of nitrogens with zero attached hydrogens (tertiary/aromatic N) is 2. The molecule has 0 spiro atoms. The summed E-state index contributed by atoms with van der Waals surface area (Å²) in [6, 6.07) is 7.93. The van der Waals surface area contributed by atoms with E-state index in [1.807, 2.05) is 0 Å². The number of imidazole rings is 1. The van der Waals surface area contributed by atoms with Crippen LogP contribution in [0.4, 0.5) is 18.9 Å². The first-order chi connectivity index (χ1) is 14.0. The molecule has 9 heteroatoms. The number of hydrogen-bond donors (Lipinski definition) is 1. The summed E-state index contributed by atoms with van der Waals surface area (Å²) in [5.41, 5.74) is 1.46. The van der Waals surface area contributed by atoms with E-state index in [-0.39, 0.29) is 22.8 Å². The topological polar surface area (TPSA) is 64.0 Å². The molecule has 0 aliphatic rings. The minimum Gasteiger partial charge on any atom is -0.380 e. The molecule has 30 heavy (non-hydrogen) atoms. The van der Waals surface area contributed by atoms with Gasteiger partial charge >= 0.3 is 0 Å². The molecular weight excluding hydrogens is 415 g/mol. The molecule has 0 aliphatic carbocycles. The fourth-order valence-electron chi connectivity index (χ4n) is 2.96. The maximum atomic E-state index is 14.3. The first kappa shape index (κ1) is 21.9. The minimum atomic E-state index is -3.42. The highest BCUT2D eigenvalue weighted by molar-refractivity contribution is 7.91. The monoisotopic (exact) mass is 437 g/mol. The molecule has 160 valence electrons. The van der Waals surface area contributed by atoms with Crippen LogP contribution >= 0.6 is 0 Å². The molecule has 0 radical (unpaired) electrons. The maximum absolute atomic E-state index is 14.3. The molecule has 2 aromatic carbocycles. The number of alkyl halides is 2. The van der Waals surface area contributed by atoms with Gasteiger partial charge in [0.2, 0.25) is 0 Å². The average molecular weight is 437 g/mol. The lowest BCUT2D eigenvalue weighted by molar-refractivity contribution is 0.0171. The van der Waals surface area contributed by atoms with Gasteiger partial charge in [-0.3, -0.25) is 0 Å². The van der Waals surface area contributed by atoms with Crippen molar-refractivity contribution in [2.75, 3.05) is 11.1 Å². The van der Waals surface area contributed by atoms with Crippen molar-refractivity contribution in [2.45, 2.75) is 31.2 Å². The molecule has 1 aromatic heterocycles. The number of sulfone groups is 1. The molecular formula is C21H22F3N3O2S. The zero-order valence-corrected chi connectivity index (χ0v) is 17.6. The van der Waals surface area contributed by atoms with Crippen molar-refractivity contribution in [3.8, 4) is 11.3 Å². The minimum absolute atomic E-state index is 0.0289. The molecule has 0 saturated heterocycles. The van der Waals surface area contributed by atoms with Gasteiger partial charge < -0.3 is 9.88 Å². The molecule has 0 atom stereocenters. The Balaban J connectivity index is 1.94. The van der Waals surface area contributed by atoms with Gasteiger partial charge in [-0.25, -0.2) is 26.6 Å². The SMILES string of the molecule is CCS(=O)(=O)c1ccc(NCc2ccc(C(C)(F)F)cc2F)c(-c2cn(C)cn2)c1. The van der Waals surface area contributed by atoms with Crippen LogP contribution in [0.25, 0.3) is 11.3 Å². The van der Waals surface area contributed by atoms with Crippen molar-refractivity contribution in [1.29, 1.82) is 0 Å². The van der Waals surface area contributed by atoms with E-state index in [9.17, 15) is 21.6 Å². The van der Waals surface area contributed by atoms with Crippen LogP contribution in [0.5, 0.6) is 0 Å². The van der Waals surface area contributed by atoms with Crippen LogP contribution in [0.2, 0.25) is 0 Å². The molecule has 0 saturated carbocycles. The third-order valence-corrected chi connectivity index (χ3v) is 6.47. The van der Waals surface area contributed by atoms with Crippen molar-refractivity contribution in [3.05, 3.63) is 65.9 Å². The summed E-state index contributed by atoms with van der Waals surface area (Å²) in [7, 11) is -1.64. The van der Waals surface area contributed by atoms with E-state index in [1.165, 1.54) is 24.3 Å². The number of rotatable bonds is 7. The molecule has 0 unspecified atom stereocenters. The highest BCUT2D eigenvalue weighted by atomic mass is 32.2.